The van der Waals surface area contributed by atoms with E-state index < -0.39 is 0 Å². The van der Waals surface area contributed by atoms with E-state index in [0.717, 1.165) is 11.3 Å². The zero-order chi connectivity index (χ0) is 17.7. The van der Waals surface area contributed by atoms with Crippen molar-refractivity contribution in [3.05, 3.63) is 58.4 Å². The predicted molar refractivity (Wildman–Crippen MR) is 93.8 cm³/mol. The molecule has 0 bridgehead atoms. The van der Waals surface area contributed by atoms with E-state index in [9.17, 15) is 4.79 Å². The zero-order valence-corrected chi connectivity index (χ0v) is 14.0. The molecular formula is C18H15N5O3. The van der Waals surface area contributed by atoms with Crippen LogP contribution in [-0.2, 0) is 6.54 Å². The van der Waals surface area contributed by atoms with E-state index in [1.165, 1.54) is 0 Å². The summed E-state index contributed by atoms with van der Waals surface area (Å²) >= 11 is 0. The molecule has 8 nitrogen and oxygen atoms in total. The fourth-order valence-corrected chi connectivity index (χ4v) is 3.17. The van der Waals surface area contributed by atoms with Gasteiger partial charge in [-0.05, 0) is 30.7 Å². The van der Waals surface area contributed by atoms with E-state index in [2.05, 4.69) is 15.1 Å². The van der Waals surface area contributed by atoms with Gasteiger partial charge in [0.15, 0.2) is 11.5 Å². The molecule has 0 N–H and O–H groups in total. The van der Waals surface area contributed by atoms with E-state index in [1.807, 2.05) is 24.3 Å². The first-order valence-electron chi connectivity index (χ1n) is 8.29. The van der Waals surface area contributed by atoms with E-state index in [-0.39, 0.29) is 5.56 Å². The highest BCUT2D eigenvalue weighted by Crippen LogP contribution is 2.30. The average Bonchev–Trinajstić information content (AvgIpc) is 3.04. The number of aryl methyl sites for hydroxylation is 1. The quantitative estimate of drug-likeness (QED) is 0.546. The third kappa shape index (κ3) is 2.30. The Hall–Kier alpha value is -3.42. The second-order valence-electron chi connectivity index (χ2n) is 6.15. The summed E-state index contributed by atoms with van der Waals surface area (Å²) < 4.78 is 14.4. The molecular weight excluding hydrogens is 334 g/mol. The fraction of sp³-hybridized carbons (Fsp3) is 0.222. The molecule has 0 fully saturated rings. The maximum absolute atomic E-state index is 12.9. The molecule has 0 saturated heterocycles. The summed E-state index contributed by atoms with van der Waals surface area (Å²) in [6.07, 6.45) is 3.32. The molecule has 0 saturated carbocycles. The highest BCUT2D eigenvalue weighted by Gasteiger charge is 2.13. The number of benzene rings is 1. The van der Waals surface area contributed by atoms with Crippen LogP contribution in [0.1, 0.15) is 11.4 Å². The Bertz CT molecular complexity index is 1210. The van der Waals surface area contributed by atoms with Crippen molar-refractivity contribution in [2.75, 3.05) is 13.2 Å². The van der Waals surface area contributed by atoms with Crippen molar-refractivity contribution < 1.29 is 9.47 Å². The highest BCUT2D eigenvalue weighted by atomic mass is 16.6. The molecule has 4 heterocycles. The smallest absolute Gasteiger partial charge is 0.261 e. The molecule has 0 radical (unpaired) electrons. The minimum atomic E-state index is -0.125. The molecule has 1 aliphatic rings. The molecule has 4 aromatic rings. The van der Waals surface area contributed by atoms with Gasteiger partial charge in [-0.25, -0.2) is 4.98 Å². The van der Waals surface area contributed by atoms with Crippen molar-refractivity contribution in [3.8, 4) is 11.5 Å². The highest BCUT2D eigenvalue weighted by molar-refractivity contribution is 5.78. The summed E-state index contributed by atoms with van der Waals surface area (Å²) in [6, 6.07) is 7.58. The lowest BCUT2D eigenvalue weighted by Crippen LogP contribution is -2.21. The normalized spacial score (nSPS) is 13.4. The van der Waals surface area contributed by atoms with Crippen LogP contribution in [0.4, 0.5) is 0 Å². The molecule has 5 rings (SSSR count). The van der Waals surface area contributed by atoms with Crippen LogP contribution in [0.15, 0.2) is 41.5 Å². The van der Waals surface area contributed by atoms with Gasteiger partial charge >= 0.3 is 0 Å². The zero-order valence-electron chi connectivity index (χ0n) is 14.0. The van der Waals surface area contributed by atoms with Crippen LogP contribution in [0.2, 0.25) is 0 Å². The fourth-order valence-electron chi connectivity index (χ4n) is 3.17. The van der Waals surface area contributed by atoms with Gasteiger partial charge < -0.3 is 14.0 Å². The Morgan fingerprint density at radius 3 is 2.88 bits per heavy atom. The maximum atomic E-state index is 12.9. The lowest BCUT2D eigenvalue weighted by Gasteiger charge is -2.19. The number of rotatable bonds is 2. The van der Waals surface area contributed by atoms with Gasteiger partial charge in [0.1, 0.15) is 19.0 Å². The van der Waals surface area contributed by atoms with Crippen LogP contribution in [-0.4, -0.2) is 37.4 Å². The number of aromatic nitrogens is 5. The molecule has 0 amide bonds. The molecule has 130 valence electrons. The number of ether oxygens (including phenoxy) is 2. The summed E-state index contributed by atoms with van der Waals surface area (Å²) in [5, 5.41) is 4.81. The van der Waals surface area contributed by atoms with Crippen LogP contribution in [0.25, 0.3) is 16.7 Å². The molecule has 0 atom stereocenters. The number of hydrogen-bond donors (Lipinski definition) is 0. The molecule has 8 heteroatoms. The van der Waals surface area contributed by atoms with Crippen LogP contribution in [0, 0.1) is 6.92 Å². The van der Waals surface area contributed by atoms with Gasteiger partial charge in [-0.1, -0.05) is 6.07 Å². The van der Waals surface area contributed by atoms with Crippen molar-refractivity contribution >= 4 is 16.7 Å². The summed E-state index contributed by atoms with van der Waals surface area (Å²) in [5.74, 6) is 2.55. The first-order chi connectivity index (χ1) is 12.7. The largest absolute Gasteiger partial charge is 0.486 e. The van der Waals surface area contributed by atoms with Crippen molar-refractivity contribution in [2.45, 2.75) is 13.5 Å². The predicted octanol–water partition coefficient (Wildman–Crippen LogP) is 1.57. The Labute approximate surface area is 147 Å². The second kappa shape index (κ2) is 5.55. The van der Waals surface area contributed by atoms with Gasteiger partial charge in [-0.2, -0.15) is 9.50 Å². The number of hydrogen-bond acceptors (Lipinski definition) is 6. The third-order valence-electron chi connectivity index (χ3n) is 4.37. The third-order valence-corrected chi connectivity index (χ3v) is 4.37. The van der Waals surface area contributed by atoms with Crippen LogP contribution >= 0.6 is 0 Å². The first-order valence-corrected chi connectivity index (χ1v) is 8.29. The topological polar surface area (TPSA) is 83.5 Å². The number of fused-ring (bicyclic) bond motifs is 4. The lowest BCUT2D eigenvalue weighted by molar-refractivity contribution is 0.171. The number of nitrogens with zero attached hydrogens (tertiary/aromatic N) is 5. The van der Waals surface area contributed by atoms with Crippen LogP contribution < -0.4 is 15.0 Å². The minimum Gasteiger partial charge on any atom is -0.486 e. The Balaban J connectivity index is 1.58. The first kappa shape index (κ1) is 14.9. The second-order valence-corrected chi connectivity index (χ2v) is 6.15. The standard InChI is InChI=1S/C18H15N5O3/c1-11-20-18-19-9-13-14(23(18)21-11)4-5-22(17(13)24)10-12-2-3-15-16(8-12)26-7-6-25-15/h2-5,8-9H,6-7,10H2,1H3. The molecule has 0 unspecified atom stereocenters. The van der Waals surface area contributed by atoms with Crippen molar-refractivity contribution in [1.82, 2.24) is 24.1 Å². The Morgan fingerprint density at radius 2 is 2.00 bits per heavy atom. The van der Waals surface area contributed by atoms with Gasteiger partial charge in [0, 0.05) is 12.4 Å². The van der Waals surface area contributed by atoms with E-state index in [1.54, 1.807) is 28.4 Å². The monoisotopic (exact) mass is 349 g/mol. The van der Waals surface area contributed by atoms with Crippen molar-refractivity contribution in [2.24, 2.45) is 0 Å². The maximum Gasteiger partial charge on any atom is 0.261 e. The van der Waals surface area contributed by atoms with E-state index >= 15 is 0 Å². The molecule has 3 aromatic heterocycles. The van der Waals surface area contributed by atoms with Gasteiger partial charge in [-0.15, -0.1) is 5.10 Å². The average molecular weight is 349 g/mol. The minimum absolute atomic E-state index is 0.125. The van der Waals surface area contributed by atoms with Crippen molar-refractivity contribution in [3.63, 3.8) is 0 Å². The summed E-state index contributed by atoms with van der Waals surface area (Å²) in [4.78, 5) is 21.3. The Kier molecular flexibility index (Phi) is 3.18. The van der Waals surface area contributed by atoms with Gasteiger partial charge in [-0.3, -0.25) is 4.79 Å². The van der Waals surface area contributed by atoms with Gasteiger partial charge in [0.05, 0.1) is 17.4 Å². The molecule has 1 aromatic carbocycles. The van der Waals surface area contributed by atoms with Crippen LogP contribution in [0.3, 0.4) is 0 Å². The van der Waals surface area contributed by atoms with E-state index in [4.69, 9.17) is 9.47 Å². The summed E-state index contributed by atoms with van der Waals surface area (Å²) in [6.45, 7) is 3.31. The molecule has 0 spiro atoms. The van der Waals surface area contributed by atoms with Gasteiger partial charge in [0.25, 0.3) is 11.3 Å². The van der Waals surface area contributed by atoms with Crippen LogP contribution in [0.5, 0.6) is 11.5 Å². The molecule has 26 heavy (non-hydrogen) atoms. The SMILES string of the molecule is Cc1nc2ncc3c(=O)n(Cc4ccc5c(c4)OCCO5)ccc3n2n1. The Morgan fingerprint density at radius 1 is 1.15 bits per heavy atom. The molecule has 1 aliphatic heterocycles. The summed E-state index contributed by atoms with van der Waals surface area (Å²) in [5.41, 5.74) is 1.53. The van der Waals surface area contributed by atoms with Gasteiger partial charge in [0.2, 0.25) is 0 Å². The number of pyridine rings is 1. The van der Waals surface area contributed by atoms with Crippen molar-refractivity contribution in [1.29, 1.82) is 0 Å². The lowest BCUT2D eigenvalue weighted by atomic mass is 10.2. The van der Waals surface area contributed by atoms with E-state index in [0.29, 0.717) is 48.0 Å². The molecule has 0 aliphatic carbocycles. The summed E-state index contributed by atoms with van der Waals surface area (Å²) in [7, 11) is 0.